The second-order valence-corrected chi connectivity index (χ2v) is 11.2. The van der Waals surface area contributed by atoms with Crippen LogP contribution in [-0.2, 0) is 14.8 Å². The normalized spacial score (nSPS) is 13.2. The number of hydrogen-bond donors (Lipinski definition) is 1. The highest BCUT2D eigenvalue weighted by Crippen LogP contribution is 2.38. The molecule has 0 amide bonds. The van der Waals surface area contributed by atoms with Crippen LogP contribution in [0.15, 0.2) is 48.9 Å². The first-order valence-electron chi connectivity index (χ1n) is 10.5. The van der Waals surface area contributed by atoms with Gasteiger partial charge in [0, 0.05) is 25.1 Å². The Balaban J connectivity index is 1.84. The standard InChI is InChI=1S/C22H23ClN6O5S2/c1-13(19(34-4)21-25-12-17(23)35-21)36(30,31)28-22-27-26-20(14-7-6-10-24-11-14)29(22)18-15(32-2)8-5-9-16(18)33-3/h5-13,19H,1-4H3,(H,27,28)/t13-,19-/m0/s1. The van der Waals surface area contributed by atoms with Crippen molar-refractivity contribution in [2.45, 2.75) is 18.3 Å². The molecule has 36 heavy (non-hydrogen) atoms. The number of ether oxygens (including phenoxy) is 3. The molecular weight excluding hydrogens is 528 g/mol. The fourth-order valence-electron chi connectivity index (χ4n) is 3.57. The Morgan fingerprint density at radius 1 is 1.06 bits per heavy atom. The summed E-state index contributed by atoms with van der Waals surface area (Å²) in [6.07, 6.45) is 3.80. The van der Waals surface area contributed by atoms with Crippen molar-refractivity contribution in [1.82, 2.24) is 24.7 Å². The van der Waals surface area contributed by atoms with E-state index in [-0.39, 0.29) is 5.95 Å². The zero-order valence-electron chi connectivity index (χ0n) is 19.7. The van der Waals surface area contributed by atoms with Gasteiger partial charge in [-0.05, 0) is 31.2 Å². The number of pyridine rings is 1. The lowest BCUT2D eigenvalue weighted by Crippen LogP contribution is -2.32. The van der Waals surface area contributed by atoms with Gasteiger partial charge in [-0.15, -0.1) is 21.5 Å². The predicted octanol–water partition coefficient (Wildman–Crippen LogP) is 3.97. The van der Waals surface area contributed by atoms with Crippen molar-refractivity contribution in [2.24, 2.45) is 0 Å². The highest BCUT2D eigenvalue weighted by Gasteiger charge is 2.35. The molecule has 0 aliphatic carbocycles. The second-order valence-electron chi connectivity index (χ2n) is 7.45. The van der Waals surface area contributed by atoms with Gasteiger partial charge in [0.15, 0.2) is 5.82 Å². The summed E-state index contributed by atoms with van der Waals surface area (Å²) in [7, 11) is 0.339. The molecule has 0 aliphatic heterocycles. The van der Waals surface area contributed by atoms with Crippen LogP contribution in [0, 0.1) is 0 Å². The Morgan fingerprint density at radius 2 is 1.78 bits per heavy atom. The lowest BCUT2D eigenvalue weighted by Gasteiger charge is -2.22. The molecular formula is C22H23ClN6O5S2. The molecule has 3 aromatic heterocycles. The van der Waals surface area contributed by atoms with E-state index in [0.29, 0.717) is 37.9 Å². The molecule has 0 fully saturated rings. The third kappa shape index (κ3) is 5.00. The molecule has 0 radical (unpaired) electrons. The van der Waals surface area contributed by atoms with Crippen molar-refractivity contribution in [3.8, 4) is 28.6 Å². The van der Waals surface area contributed by atoms with Gasteiger partial charge < -0.3 is 14.2 Å². The predicted molar refractivity (Wildman–Crippen MR) is 137 cm³/mol. The number of hydrogen-bond acceptors (Lipinski definition) is 10. The fraction of sp³-hybridized carbons (Fsp3) is 0.273. The number of nitrogens with zero attached hydrogens (tertiary/aromatic N) is 5. The first-order valence-corrected chi connectivity index (χ1v) is 13.3. The van der Waals surface area contributed by atoms with Crippen LogP contribution in [0.25, 0.3) is 17.1 Å². The fourth-order valence-corrected chi connectivity index (χ4v) is 5.91. The SMILES string of the molecule is COc1cccc(OC)c1-n1c(NS(=O)(=O)[C@@H](C)[C@H](OC)c2ncc(Cl)s2)nnc1-c1cccnc1. The molecule has 14 heteroatoms. The van der Waals surface area contributed by atoms with E-state index in [2.05, 4.69) is 24.9 Å². The summed E-state index contributed by atoms with van der Waals surface area (Å²) in [6, 6.07) is 8.72. The number of nitrogens with one attached hydrogen (secondary N) is 1. The summed E-state index contributed by atoms with van der Waals surface area (Å²) < 4.78 is 48.1. The zero-order chi connectivity index (χ0) is 25.9. The smallest absolute Gasteiger partial charge is 0.243 e. The average Bonchev–Trinajstić information content (AvgIpc) is 3.50. The minimum absolute atomic E-state index is 0.0736. The van der Waals surface area contributed by atoms with Gasteiger partial charge in [0.1, 0.15) is 37.9 Å². The quantitative estimate of drug-likeness (QED) is 0.311. The minimum atomic E-state index is -4.07. The molecule has 0 bridgehead atoms. The summed E-state index contributed by atoms with van der Waals surface area (Å²) in [6.45, 7) is 1.51. The summed E-state index contributed by atoms with van der Waals surface area (Å²) in [4.78, 5) is 8.33. The second kappa shape index (κ2) is 10.8. The number of rotatable bonds is 10. The van der Waals surface area contributed by atoms with Crippen LogP contribution >= 0.6 is 22.9 Å². The number of sulfonamides is 1. The van der Waals surface area contributed by atoms with E-state index in [1.54, 1.807) is 42.7 Å². The van der Waals surface area contributed by atoms with Gasteiger partial charge in [-0.1, -0.05) is 17.7 Å². The number of para-hydroxylation sites is 1. The number of anilines is 1. The van der Waals surface area contributed by atoms with Crippen molar-refractivity contribution in [2.75, 3.05) is 26.1 Å². The molecule has 4 aromatic rings. The number of aromatic nitrogens is 5. The van der Waals surface area contributed by atoms with Crippen LogP contribution in [0.4, 0.5) is 5.95 Å². The lowest BCUT2D eigenvalue weighted by molar-refractivity contribution is 0.102. The van der Waals surface area contributed by atoms with Crippen LogP contribution in [0.2, 0.25) is 4.34 Å². The first kappa shape index (κ1) is 25.8. The van der Waals surface area contributed by atoms with E-state index in [1.165, 1.54) is 39.0 Å². The Morgan fingerprint density at radius 3 is 2.33 bits per heavy atom. The molecule has 3 heterocycles. The van der Waals surface area contributed by atoms with Crippen LogP contribution in [0.1, 0.15) is 18.0 Å². The van der Waals surface area contributed by atoms with Gasteiger partial charge in [-0.3, -0.25) is 14.3 Å². The van der Waals surface area contributed by atoms with Gasteiger partial charge in [0.25, 0.3) is 0 Å². The van der Waals surface area contributed by atoms with Gasteiger partial charge in [-0.25, -0.2) is 13.4 Å². The number of methoxy groups -OCH3 is 3. The molecule has 2 atom stereocenters. The highest BCUT2D eigenvalue weighted by atomic mass is 35.5. The Kier molecular flexibility index (Phi) is 7.73. The van der Waals surface area contributed by atoms with Gasteiger partial charge in [0.05, 0.1) is 20.4 Å². The average molecular weight is 551 g/mol. The van der Waals surface area contributed by atoms with E-state index >= 15 is 0 Å². The number of thiazole rings is 1. The Hall–Kier alpha value is -3.26. The molecule has 0 unspecified atom stereocenters. The third-order valence-electron chi connectivity index (χ3n) is 5.35. The monoisotopic (exact) mass is 550 g/mol. The van der Waals surface area contributed by atoms with Gasteiger partial charge in [-0.2, -0.15) is 0 Å². The van der Waals surface area contributed by atoms with Crippen LogP contribution in [0.5, 0.6) is 11.5 Å². The summed E-state index contributed by atoms with van der Waals surface area (Å²) in [5, 5.41) is 7.79. The minimum Gasteiger partial charge on any atom is -0.494 e. The molecule has 190 valence electrons. The molecule has 11 nitrogen and oxygen atoms in total. The maximum atomic E-state index is 13.5. The summed E-state index contributed by atoms with van der Waals surface area (Å²) >= 11 is 7.15. The van der Waals surface area contributed by atoms with Crippen LogP contribution < -0.4 is 14.2 Å². The Bertz CT molecular complexity index is 1420. The van der Waals surface area contributed by atoms with E-state index in [0.717, 1.165) is 11.3 Å². The summed E-state index contributed by atoms with van der Waals surface area (Å²) in [5.41, 5.74) is 1.01. The van der Waals surface area contributed by atoms with Crippen LogP contribution in [-0.4, -0.2) is 59.7 Å². The summed E-state index contributed by atoms with van der Waals surface area (Å²) in [5.74, 6) is 1.08. The maximum absolute atomic E-state index is 13.5. The molecule has 1 aromatic carbocycles. The Labute approximate surface area is 217 Å². The van der Waals surface area contributed by atoms with Crippen molar-refractivity contribution in [3.63, 3.8) is 0 Å². The molecule has 0 saturated heterocycles. The molecule has 4 rings (SSSR count). The lowest BCUT2D eigenvalue weighted by atomic mass is 10.2. The zero-order valence-corrected chi connectivity index (χ0v) is 22.1. The van der Waals surface area contributed by atoms with E-state index < -0.39 is 21.4 Å². The maximum Gasteiger partial charge on any atom is 0.243 e. The molecule has 0 aliphatic rings. The van der Waals surface area contributed by atoms with Crippen molar-refractivity contribution < 1.29 is 22.6 Å². The molecule has 1 N–H and O–H groups in total. The number of halogens is 1. The van der Waals surface area contributed by atoms with E-state index in [4.69, 9.17) is 25.8 Å². The van der Waals surface area contributed by atoms with Gasteiger partial charge >= 0.3 is 0 Å². The topological polar surface area (TPSA) is 130 Å². The molecule has 0 saturated carbocycles. The largest absolute Gasteiger partial charge is 0.494 e. The third-order valence-corrected chi connectivity index (χ3v) is 8.22. The van der Waals surface area contributed by atoms with E-state index in [9.17, 15) is 8.42 Å². The van der Waals surface area contributed by atoms with E-state index in [1.807, 2.05) is 0 Å². The first-order chi connectivity index (χ1) is 17.3. The van der Waals surface area contributed by atoms with Crippen LogP contribution in [0.3, 0.4) is 0 Å². The highest BCUT2D eigenvalue weighted by molar-refractivity contribution is 7.93. The molecule has 0 spiro atoms. The van der Waals surface area contributed by atoms with Crippen molar-refractivity contribution in [1.29, 1.82) is 0 Å². The van der Waals surface area contributed by atoms with Gasteiger partial charge in [0.2, 0.25) is 16.0 Å². The number of benzene rings is 1. The van der Waals surface area contributed by atoms with Crippen molar-refractivity contribution >= 4 is 38.9 Å². The van der Waals surface area contributed by atoms with Crippen molar-refractivity contribution in [3.05, 3.63) is 58.3 Å².